The van der Waals surface area contributed by atoms with Gasteiger partial charge in [-0.25, -0.2) is 4.98 Å². The van der Waals surface area contributed by atoms with Gasteiger partial charge in [0.2, 0.25) is 5.28 Å². The summed E-state index contributed by atoms with van der Waals surface area (Å²) in [6.45, 7) is 0. The lowest BCUT2D eigenvalue weighted by molar-refractivity contribution is 1.20. The molecule has 0 spiro atoms. The number of nitrogens with one attached hydrogen (secondary N) is 1. The lowest BCUT2D eigenvalue weighted by atomic mass is 10.4. The van der Waals surface area contributed by atoms with Gasteiger partial charge in [-0.05, 0) is 17.7 Å². The molecule has 0 atom stereocenters. The molecule has 0 unspecified atom stereocenters. The van der Waals surface area contributed by atoms with Gasteiger partial charge in [-0.15, -0.1) is 0 Å². The fourth-order valence-corrected chi connectivity index (χ4v) is 1.55. The molecule has 12 heavy (non-hydrogen) atoms. The SMILES string of the molecule is Clc1nc(Cl)c2cc(Cl)[nH]c2n1. The minimum absolute atomic E-state index is 0.103. The molecule has 0 aromatic carbocycles. The average Bonchev–Trinajstić information content (AvgIpc) is 2.29. The molecule has 0 fully saturated rings. The third-order valence-corrected chi connectivity index (χ3v) is 2.04. The Bertz CT molecular complexity index is 437. The second kappa shape index (κ2) is 2.76. The van der Waals surface area contributed by atoms with Crippen LogP contribution < -0.4 is 0 Å². The van der Waals surface area contributed by atoms with E-state index >= 15 is 0 Å². The Labute approximate surface area is 82.7 Å². The van der Waals surface area contributed by atoms with Gasteiger partial charge in [0.15, 0.2) is 0 Å². The highest BCUT2D eigenvalue weighted by Crippen LogP contribution is 2.24. The van der Waals surface area contributed by atoms with Crippen LogP contribution in [0.3, 0.4) is 0 Å². The summed E-state index contributed by atoms with van der Waals surface area (Å²) < 4.78 is 0. The molecule has 3 nitrogen and oxygen atoms in total. The van der Waals surface area contributed by atoms with E-state index in [-0.39, 0.29) is 5.28 Å². The van der Waals surface area contributed by atoms with Gasteiger partial charge >= 0.3 is 0 Å². The Morgan fingerprint density at radius 1 is 1.17 bits per heavy atom. The van der Waals surface area contributed by atoms with Gasteiger partial charge in [-0.3, -0.25) is 0 Å². The summed E-state index contributed by atoms with van der Waals surface area (Å²) in [7, 11) is 0. The number of aromatic amines is 1. The molecular formula is C6H2Cl3N3. The first-order valence-corrected chi connectivity index (χ1v) is 4.17. The zero-order chi connectivity index (χ0) is 8.72. The molecule has 0 aliphatic carbocycles. The number of hydrogen-bond acceptors (Lipinski definition) is 2. The highest BCUT2D eigenvalue weighted by molar-refractivity contribution is 6.37. The van der Waals surface area contributed by atoms with Gasteiger partial charge in [0.25, 0.3) is 0 Å². The van der Waals surface area contributed by atoms with Crippen LogP contribution in [0.25, 0.3) is 11.0 Å². The molecule has 1 N–H and O–H groups in total. The second-order valence-electron chi connectivity index (χ2n) is 2.16. The Hall–Kier alpha value is -0.510. The molecule has 0 saturated carbocycles. The van der Waals surface area contributed by atoms with Crippen LogP contribution in [0.1, 0.15) is 0 Å². The van der Waals surface area contributed by atoms with Crippen LogP contribution in [0.4, 0.5) is 0 Å². The van der Waals surface area contributed by atoms with Crippen molar-refractivity contribution in [2.45, 2.75) is 0 Å². The van der Waals surface area contributed by atoms with Crippen molar-refractivity contribution in [3.63, 3.8) is 0 Å². The first kappa shape index (κ1) is 8.10. The van der Waals surface area contributed by atoms with Gasteiger partial charge in [0.05, 0.1) is 5.39 Å². The smallest absolute Gasteiger partial charge is 0.225 e. The van der Waals surface area contributed by atoms with Gasteiger partial charge in [-0.1, -0.05) is 23.2 Å². The second-order valence-corrected chi connectivity index (χ2v) is 3.27. The molecule has 0 radical (unpaired) electrons. The van der Waals surface area contributed by atoms with Crippen molar-refractivity contribution >= 4 is 45.8 Å². The molecule has 62 valence electrons. The molecule has 0 amide bonds. The molecule has 2 aromatic heterocycles. The predicted molar refractivity (Wildman–Crippen MR) is 48.9 cm³/mol. The highest BCUT2D eigenvalue weighted by atomic mass is 35.5. The van der Waals surface area contributed by atoms with E-state index in [9.17, 15) is 0 Å². The minimum atomic E-state index is 0.103. The normalized spacial score (nSPS) is 10.9. The van der Waals surface area contributed by atoms with Crippen molar-refractivity contribution in [1.29, 1.82) is 0 Å². The standard InChI is InChI=1S/C6H2Cl3N3/c7-3-1-2-4(8)11-6(9)12-5(2)10-3/h1H,(H,10,11,12). The van der Waals surface area contributed by atoms with Crippen LogP contribution in [0.5, 0.6) is 0 Å². The summed E-state index contributed by atoms with van der Waals surface area (Å²) >= 11 is 17.0. The van der Waals surface area contributed by atoms with E-state index in [4.69, 9.17) is 34.8 Å². The van der Waals surface area contributed by atoms with E-state index in [1.54, 1.807) is 6.07 Å². The van der Waals surface area contributed by atoms with Crippen molar-refractivity contribution in [3.8, 4) is 0 Å². The van der Waals surface area contributed by atoms with Gasteiger partial charge in [-0.2, -0.15) is 4.98 Å². The van der Waals surface area contributed by atoms with E-state index in [2.05, 4.69) is 15.0 Å². The maximum absolute atomic E-state index is 5.76. The van der Waals surface area contributed by atoms with Crippen molar-refractivity contribution in [1.82, 2.24) is 15.0 Å². The number of halogens is 3. The number of fused-ring (bicyclic) bond motifs is 1. The van der Waals surface area contributed by atoms with Gasteiger partial charge < -0.3 is 4.98 Å². The molecular weight excluding hydrogens is 220 g/mol. The fraction of sp³-hybridized carbons (Fsp3) is 0. The lowest BCUT2D eigenvalue weighted by Crippen LogP contribution is -1.83. The zero-order valence-corrected chi connectivity index (χ0v) is 7.87. The van der Waals surface area contributed by atoms with E-state index in [1.165, 1.54) is 0 Å². The molecule has 2 heterocycles. The summed E-state index contributed by atoms with van der Waals surface area (Å²) in [4.78, 5) is 10.4. The summed E-state index contributed by atoms with van der Waals surface area (Å²) in [5, 5.41) is 1.54. The van der Waals surface area contributed by atoms with Crippen molar-refractivity contribution in [2.75, 3.05) is 0 Å². The third-order valence-electron chi connectivity index (χ3n) is 1.38. The predicted octanol–water partition coefficient (Wildman–Crippen LogP) is 2.92. The molecule has 0 bridgehead atoms. The molecule has 6 heteroatoms. The van der Waals surface area contributed by atoms with E-state index in [0.29, 0.717) is 21.3 Å². The van der Waals surface area contributed by atoms with Crippen LogP contribution in [-0.2, 0) is 0 Å². The van der Waals surface area contributed by atoms with Gasteiger partial charge in [0, 0.05) is 0 Å². The number of nitrogens with zero attached hydrogens (tertiary/aromatic N) is 2. The van der Waals surface area contributed by atoms with Crippen LogP contribution >= 0.6 is 34.8 Å². The Kier molecular flexibility index (Phi) is 1.87. The van der Waals surface area contributed by atoms with Gasteiger partial charge in [0.1, 0.15) is 16.0 Å². The van der Waals surface area contributed by atoms with Crippen LogP contribution in [0.2, 0.25) is 15.6 Å². The Balaban J connectivity index is 2.88. The molecule has 2 aromatic rings. The van der Waals surface area contributed by atoms with Crippen molar-refractivity contribution in [3.05, 3.63) is 21.7 Å². The van der Waals surface area contributed by atoms with Crippen LogP contribution in [0, 0.1) is 0 Å². The van der Waals surface area contributed by atoms with E-state index in [0.717, 1.165) is 0 Å². The minimum Gasteiger partial charge on any atom is -0.330 e. The Morgan fingerprint density at radius 3 is 2.67 bits per heavy atom. The zero-order valence-electron chi connectivity index (χ0n) is 5.61. The number of hydrogen-bond donors (Lipinski definition) is 1. The van der Waals surface area contributed by atoms with E-state index in [1.807, 2.05) is 0 Å². The first-order chi connectivity index (χ1) is 5.66. The van der Waals surface area contributed by atoms with Crippen molar-refractivity contribution < 1.29 is 0 Å². The summed E-state index contributed by atoms with van der Waals surface area (Å²) in [6, 6.07) is 1.65. The van der Waals surface area contributed by atoms with Crippen LogP contribution in [0.15, 0.2) is 6.07 Å². The quantitative estimate of drug-likeness (QED) is 0.550. The topological polar surface area (TPSA) is 41.6 Å². The summed E-state index contributed by atoms with van der Waals surface area (Å²) in [5.74, 6) is 0. The molecule has 0 saturated heterocycles. The summed E-state index contributed by atoms with van der Waals surface area (Å²) in [5.41, 5.74) is 0.546. The number of H-pyrrole nitrogens is 1. The van der Waals surface area contributed by atoms with Crippen molar-refractivity contribution in [2.24, 2.45) is 0 Å². The maximum Gasteiger partial charge on any atom is 0.225 e. The monoisotopic (exact) mass is 221 g/mol. The molecule has 0 aliphatic rings. The highest BCUT2D eigenvalue weighted by Gasteiger charge is 2.06. The molecule has 2 rings (SSSR count). The van der Waals surface area contributed by atoms with E-state index < -0.39 is 0 Å². The third kappa shape index (κ3) is 1.24. The first-order valence-electron chi connectivity index (χ1n) is 3.04. The average molecular weight is 222 g/mol. The molecule has 0 aliphatic heterocycles. The lowest BCUT2D eigenvalue weighted by Gasteiger charge is -1.91. The fourth-order valence-electron chi connectivity index (χ4n) is 0.916. The Morgan fingerprint density at radius 2 is 1.92 bits per heavy atom. The van der Waals surface area contributed by atoms with Crippen LogP contribution in [-0.4, -0.2) is 15.0 Å². The summed E-state index contributed by atoms with van der Waals surface area (Å²) in [6.07, 6.45) is 0. The number of aromatic nitrogens is 3. The largest absolute Gasteiger partial charge is 0.330 e. The number of rotatable bonds is 0. The maximum atomic E-state index is 5.76.